The van der Waals surface area contributed by atoms with Crippen LogP contribution in [0.5, 0.6) is 0 Å². The number of nitrogens with zero attached hydrogens (tertiary/aromatic N) is 2. The minimum absolute atomic E-state index is 0.0776. The predicted molar refractivity (Wildman–Crippen MR) is 218 cm³/mol. The lowest BCUT2D eigenvalue weighted by atomic mass is 9.99. The largest absolute Gasteiger partial charge is 0.340 e. The molecule has 0 heterocycles. The molecule has 1 aliphatic rings. The Hall–Kier alpha value is -3.52. The van der Waals surface area contributed by atoms with Crippen molar-refractivity contribution in [1.82, 2.24) is 4.31 Å². The molecule has 0 saturated heterocycles. The minimum atomic E-state index is -1.17. The molecule has 0 bridgehead atoms. The van der Waals surface area contributed by atoms with E-state index in [-0.39, 0.29) is 17.8 Å². The topological polar surface area (TPSA) is 6.48 Å². The van der Waals surface area contributed by atoms with Gasteiger partial charge in [0.15, 0.2) is 5.83 Å². The van der Waals surface area contributed by atoms with Crippen LogP contribution in [-0.2, 0) is 19.5 Å². The molecule has 4 rings (SSSR count). The van der Waals surface area contributed by atoms with Crippen LogP contribution in [0.2, 0.25) is 5.02 Å². The Kier molecular flexibility index (Phi) is 19.3. The maximum Gasteiger partial charge on any atom is 0.157 e. The summed E-state index contributed by atoms with van der Waals surface area (Å²) in [5.74, 6) is -2.55. The molecular formula is C44H55ClF4N2S. The lowest BCUT2D eigenvalue weighted by Gasteiger charge is -2.32. The Bertz CT molecular complexity index is 1730. The fraction of sp³-hybridized carbons (Fsp3) is 0.364. The molecule has 0 amide bonds. The van der Waals surface area contributed by atoms with Gasteiger partial charge in [0.2, 0.25) is 0 Å². The molecule has 0 radical (unpaired) electrons. The van der Waals surface area contributed by atoms with Gasteiger partial charge >= 0.3 is 0 Å². The van der Waals surface area contributed by atoms with Crippen molar-refractivity contribution in [1.29, 1.82) is 0 Å². The number of allylic oxidation sites excluding steroid dienone is 6. The number of rotatable bonds is 15. The van der Waals surface area contributed by atoms with E-state index < -0.39 is 17.5 Å². The molecule has 0 N–H and O–H groups in total. The van der Waals surface area contributed by atoms with Crippen LogP contribution in [-0.4, -0.2) is 17.1 Å². The van der Waals surface area contributed by atoms with Gasteiger partial charge in [0.25, 0.3) is 0 Å². The van der Waals surface area contributed by atoms with Crippen LogP contribution in [0.15, 0.2) is 115 Å². The molecule has 3 aromatic rings. The number of hydrogen-bond donors (Lipinski definition) is 0. The highest BCUT2D eigenvalue weighted by atomic mass is 35.5. The SMILES string of the molecule is C=C(C)/C(F)=C\C(F)=C(\F)CC.C=C(CN(Cc1ccc(F)cc1Cl)SC)N(Cc1cc(CCC)cc(C2CC2)c1)c1ccc(C)cc1C.C=CC. The zero-order valence-electron chi connectivity index (χ0n) is 31.9. The summed E-state index contributed by atoms with van der Waals surface area (Å²) in [6.07, 6.45) is 9.09. The van der Waals surface area contributed by atoms with E-state index in [1.807, 2.05) is 6.92 Å². The zero-order chi connectivity index (χ0) is 39.0. The first-order valence-corrected chi connectivity index (χ1v) is 19.3. The normalized spacial score (nSPS) is 13.0. The summed E-state index contributed by atoms with van der Waals surface area (Å²) in [6, 6.07) is 18.5. The monoisotopic (exact) mass is 754 g/mol. The summed E-state index contributed by atoms with van der Waals surface area (Å²) in [6.45, 7) is 24.5. The Morgan fingerprint density at radius 2 is 1.62 bits per heavy atom. The van der Waals surface area contributed by atoms with Crippen molar-refractivity contribution < 1.29 is 17.6 Å². The average molecular weight is 755 g/mol. The van der Waals surface area contributed by atoms with Crippen molar-refractivity contribution in [3.63, 3.8) is 0 Å². The van der Waals surface area contributed by atoms with Crippen LogP contribution in [0.4, 0.5) is 23.2 Å². The number of benzene rings is 3. The minimum Gasteiger partial charge on any atom is -0.340 e. The zero-order valence-corrected chi connectivity index (χ0v) is 33.5. The van der Waals surface area contributed by atoms with E-state index >= 15 is 0 Å². The maximum absolute atomic E-state index is 13.6. The second-order valence-corrected chi connectivity index (χ2v) is 14.3. The summed E-state index contributed by atoms with van der Waals surface area (Å²) in [7, 11) is 0. The predicted octanol–water partition coefficient (Wildman–Crippen LogP) is 14.4. The van der Waals surface area contributed by atoms with E-state index in [1.165, 1.54) is 72.3 Å². The number of anilines is 1. The fourth-order valence-corrected chi connectivity index (χ4v) is 6.19. The second kappa shape index (κ2) is 22.5. The fourth-order valence-electron chi connectivity index (χ4n) is 5.42. The smallest absolute Gasteiger partial charge is 0.157 e. The molecule has 0 spiro atoms. The van der Waals surface area contributed by atoms with Gasteiger partial charge in [-0.15, -0.1) is 6.58 Å². The van der Waals surface area contributed by atoms with Gasteiger partial charge in [0.05, 0.1) is 0 Å². The Morgan fingerprint density at radius 3 is 2.15 bits per heavy atom. The van der Waals surface area contributed by atoms with Gasteiger partial charge in [-0.1, -0.05) is 105 Å². The van der Waals surface area contributed by atoms with Gasteiger partial charge in [-0.2, -0.15) is 0 Å². The molecule has 1 fully saturated rings. The van der Waals surface area contributed by atoms with Crippen molar-refractivity contribution in [2.24, 2.45) is 0 Å². The lowest BCUT2D eigenvalue weighted by Crippen LogP contribution is -2.30. The lowest BCUT2D eigenvalue weighted by molar-refractivity contribution is 0.498. The first kappa shape index (κ1) is 44.6. The van der Waals surface area contributed by atoms with Crippen LogP contribution >= 0.6 is 23.5 Å². The molecule has 8 heteroatoms. The van der Waals surface area contributed by atoms with Crippen LogP contribution < -0.4 is 4.90 Å². The van der Waals surface area contributed by atoms with Gasteiger partial charge < -0.3 is 4.90 Å². The number of aryl methyl sites for hydroxylation is 3. The molecule has 3 aromatic carbocycles. The van der Waals surface area contributed by atoms with Crippen molar-refractivity contribution in [3.8, 4) is 0 Å². The third-order valence-electron chi connectivity index (χ3n) is 8.24. The van der Waals surface area contributed by atoms with Crippen LogP contribution in [0.1, 0.15) is 92.7 Å². The third kappa shape index (κ3) is 14.8. The molecule has 2 nitrogen and oxygen atoms in total. The number of hydrogen-bond acceptors (Lipinski definition) is 3. The van der Waals surface area contributed by atoms with E-state index in [2.05, 4.69) is 92.4 Å². The molecule has 1 aliphatic carbocycles. The highest BCUT2D eigenvalue weighted by Crippen LogP contribution is 2.41. The number of halogens is 5. The summed E-state index contributed by atoms with van der Waals surface area (Å²) in [5, 5.41) is 0.455. The van der Waals surface area contributed by atoms with Gasteiger partial charge in [0, 0.05) is 42.1 Å². The van der Waals surface area contributed by atoms with Gasteiger partial charge in [-0.05, 0) is 117 Å². The van der Waals surface area contributed by atoms with Crippen LogP contribution in [0, 0.1) is 19.7 Å². The molecule has 0 aliphatic heterocycles. The van der Waals surface area contributed by atoms with E-state index in [1.54, 1.807) is 24.1 Å². The molecule has 0 aromatic heterocycles. The van der Waals surface area contributed by atoms with Gasteiger partial charge in [-0.3, -0.25) is 0 Å². The molecule has 0 atom stereocenters. The summed E-state index contributed by atoms with van der Waals surface area (Å²) in [5.41, 5.74) is 9.95. The van der Waals surface area contributed by atoms with Gasteiger partial charge in [0.1, 0.15) is 17.5 Å². The van der Waals surface area contributed by atoms with E-state index in [9.17, 15) is 17.6 Å². The first-order chi connectivity index (χ1) is 24.7. The molecule has 52 heavy (non-hydrogen) atoms. The summed E-state index contributed by atoms with van der Waals surface area (Å²) < 4.78 is 53.4. The van der Waals surface area contributed by atoms with Crippen LogP contribution in [0.3, 0.4) is 0 Å². The molecular weight excluding hydrogens is 700 g/mol. The van der Waals surface area contributed by atoms with Crippen molar-refractivity contribution >= 4 is 29.2 Å². The van der Waals surface area contributed by atoms with Crippen molar-refractivity contribution in [2.75, 3.05) is 17.7 Å². The Morgan fingerprint density at radius 1 is 0.962 bits per heavy atom. The highest BCUT2D eigenvalue weighted by Gasteiger charge is 2.25. The summed E-state index contributed by atoms with van der Waals surface area (Å²) >= 11 is 7.99. The van der Waals surface area contributed by atoms with E-state index in [4.69, 9.17) is 11.6 Å². The molecule has 0 unspecified atom stereocenters. The van der Waals surface area contributed by atoms with Crippen molar-refractivity contribution in [2.45, 2.75) is 92.7 Å². The second-order valence-electron chi connectivity index (χ2n) is 13.1. The molecule has 282 valence electrons. The quantitative estimate of drug-likeness (QED) is 0.0660. The van der Waals surface area contributed by atoms with E-state index in [0.717, 1.165) is 36.6 Å². The molecule has 1 saturated carbocycles. The first-order valence-electron chi connectivity index (χ1n) is 17.7. The van der Waals surface area contributed by atoms with Crippen LogP contribution in [0.25, 0.3) is 0 Å². The standard InChI is InChI=1S/C32H38ClFN2S.C9H11F3.C3H6/c1-6-7-25-15-26(17-29(16-25)27-9-10-27)20-36(32-13-8-22(2)14-23(32)3)24(4)19-35(37-5)21-28-11-12-30(34)18-31(28)33;1-4-7(10)9(12)5-8(11)6(2)3;1-3-2/h8,11-18,27H,4,6-7,9-10,19-21H2,1-3,5H3;5H,2,4H2,1,3H3;3H,1H2,2H3/b;8-5+,9-7-;. The highest BCUT2D eigenvalue weighted by molar-refractivity contribution is 7.96. The Balaban J connectivity index is 0.000000527. The maximum atomic E-state index is 13.6. The van der Waals surface area contributed by atoms with Crippen molar-refractivity contribution in [3.05, 3.63) is 159 Å². The van der Waals surface area contributed by atoms with E-state index in [0.29, 0.717) is 24.2 Å². The average Bonchev–Trinajstić information content (AvgIpc) is 3.94. The third-order valence-corrected chi connectivity index (χ3v) is 9.36. The summed E-state index contributed by atoms with van der Waals surface area (Å²) in [4.78, 5) is 2.37. The van der Waals surface area contributed by atoms with Gasteiger partial charge in [-0.25, -0.2) is 21.9 Å². The Labute approximate surface area is 319 Å².